The predicted octanol–water partition coefficient (Wildman–Crippen LogP) is 1.51. The van der Waals surface area contributed by atoms with Gasteiger partial charge in [-0.2, -0.15) is 0 Å². The van der Waals surface area contributed by atoms with Crippen molar-refractivity contribution in [2.45, 2.75) is 6.92 Å². The summed E-state index contributed by atoms with van der Waals surface area (Å²) < 4.78 is 24.7. The smallest absolute Gasteiger partial charge is 0.229 e. The Hall–Kier alpha value is -1.31. The van der Waals surface area contributed by atoms with Gasteiger partial charge in [-0.1, -0.05) is 18.5 Å². The fourth-order valence-corrected chi connectivity index (χ4v) is 2.87. The van der Waals surface area contributed by atoms with E-state index in [-0.39, 0.29) is 22.5 Å². The molecule has 1 heterocycles. The summed E-state index contributed by atoms with van der Waals surface area (Å²) in [5, 5.41) is 6.16. The molecule has 3 N–H and O–H groups in total. The van der Waals surface area contributed by atoms with Crippen LogP contribution < -0.4 is 15.4 Å². The van der Waals surface area contributed by atoms with Gasteiger partial charge >= 0.3 is 0 Å². The summed E-state index contributed by atoms with van der Waals surface area (Å²) in [4.78, 5) is 12.1. The molecule has 1 aliphatic heterocycles. The van der Waals surface area contributed by atoms with E-state index in [4.69, 9.17) is 11.6 Å². The maximum atomic E-state index is 12.1. The fourth-order valence-electron chi connectivity index (χ4n) is 2.01. The molecular formula is C13H18ClN3O3S. The van der Waals surface area contributed by atoms with E-state index in [1.807, 2.05) is 6.92 Å². The van der Waals surface area contributed by atoms with Crippen molar-refractivity contribution >= 4 is 38.9 Å². The van der Waals surface area contributed by atoms with Gasteiger partial charge in [0.1, 0.15) is 0 Å². The van der Waals surface area contributed by atoms with Crippen LogP contribution in [0.15, 0.2) is 18.2 Å². The summed E-state index contributed by atoms with van der Waals surface area (Å²) in [7, 11) is -3.38. The first-order chi connectivity index (χ1) is 9.76. The molecule has 1 saturated heterocycles. The molecule has 1 atom stereocenters. The van der Waals surface area contributed by atoms with Crippen molar-refractivity contribution < 1.29 is 13.2 Å². The molecule has 1 aromatic rings. The van der Waals surface area contributed by atoms with Crippen LogP contribution in [-0.4, -0.2) is 33.7 Å². The van der Waals surface area contributed by atoms with Crippen LogP contribution in [0, 0.1) is 11.8 Å². The molecule has 1 aromatic carbocycles. The first-order valence-corrected chi connectivity index (χ1v) is 8.82. The van der Waals surface area contributed by atoms with Crippen LogP contribution in [0.3, 0.4) is 0 Å². The van der Waals surface area contributed by atoms with Crippen LogP contribution in [0.1, 0.15) is 6.92 Å². The number of benzene rings is 1. The van der Waals surface area contributed by atoms with Crippen LogP contribution in [-0.2, 0) is 14.8 Å². The summed E-state index contributed by atoms with van der Waals surface area (Å²) in [5.74, 6) is 0.201. The van der Waals surface area contributed by atoms with Crippen molar-refractivity contribution in [1.82, 2.24) is 5.32 Å². The number of sulfonamides is 1. The normalized spacial score (nSPS) is 16.9. The van der Waals surface area contributed by atoms with E-state index < -0.39 is 10.0 Å². The van der Waals surface area contributed by atoms with Crippen LogP contribution in [0.2, 0.25) is 5.02 Å². The summed E-state index contributed by atoms with van der Waals surface area (Å²) in [6, 6.07) is 4.66. The van der Waals surface area contributed by atoms with Gasteiger partial charge in [0.05, 0.1) is 17.0 Å². The molecule has 0 radical (unpaired) electrons. The number of carbonyl (C=O) groups excluding carboxylic acids is 1. The van der Waals surface area contributed by atoms with E-state index in [9.17, 15) is 13.2 Å². The zero-order valence-corrected chi connectivity index (χ0v) is 13.4. The Labute approximate surface area is 129 Å². The number of anilines is 2. The Kier molecular flexibility index (Phi) is 4.75. The Balaban J connectivity index is 2.04. The van der Waals surface area contributed by atoms with Gasteiger partial charge in [0.15, 0.2) is 0 Å². The topological polar surface area (TPSA) is 87.3 Å². The Morgan fingerprint density at radius 2 is 2.10 bits per heavy atom. The van der Waals surface area contributed by atoms with Gasteiger partial charge in [-0.05, 0) is 37.2 Å². The summed E-state index contributed by atoms with van der Waals surface area (Å²) in [5.41, 5.74) is 0.830. The summed E-state index contributed by atoms with van der Waals surface area (Å²) >= 11 is 6.01. The van der Waals surface area contributed by atoms with Gasteiger partial charge in [0.25, 0.3) is 0 Å². The average molecular weight is 332 g/mol. The molecule has 1 amide bonds. The van der Waals surface area contributed by atoms with E-state index in [0.29, 0.717) is 11.6 Å². The van der Waals surface area contributed by atoms with Crippen LogP contribution in [0.5, 0.6) is 0 Å². The highest BCUT2D eigenvalue weighted by Gasteiger charge is 2.28. The number of halogens is 1. The minimum atomic E-state index is -3.38. The predicted molar refractivity (Wildman–Crippen MR) is 84.1 cm³/mol. The van der Waals surface area contributed by atoms with Crippen molar-refractivity contribution in [3.05, 3.63) is 23.2 Å². The molecule has 1 unspecified atom stereocenters. The van der Waals surface area contributed by atoms with Crippen molar-refractivity contribution in [3.8, 4) is 0 Å². The zero-order valence-electron chi connectivity index (χ0n) is 11.8. The molecule has 2 rings (SSSR count). The van der Waals surface area contributed by atoms with E-state index in [0.717, 1.165) is 19.3 Å². The summed E-state index contributed by atoms with van der Waals surface area (Å²) in [6.45, 7) is 3.60. The minimum absolute atomic E-state index is 0.0682. The summed E-state index contributed by atoms with van der Waals surface area (Å²) in [6.07, 6.45) is 1.05. The SMILES string of the molecule is CC(C(=O)Nc1ccc(NS(C)(=O)=O)c(Cl)c1)C1CNC1. The van der Waals surface area contributed by atoms with Crippen LogP contribution in [0.25, 0.3) is 0 Å². The first kappa shape index (κ1) is 16.1. The number of hydrogen-bond donors (Lipinski definition) is 3. The minimum Gasteiger partial charge on any atom is -0.326 e. The molecule has 1 aliphatic rings. The molecule has 0 bridgehead atoms. The molecule has 21 heavy (non-hydrogen) atoms. The highest BCUT2D eigenvalue weighted by molar-refractivity contribution is 7.92. The Bertz CT molecular complexity index is 644. The van der Waals surface area contributed by atoms with Gasteiger partial charge in [-0.15, -0.1) is 0 Å². The second-order valence-corrected chi connectivity index (χ2v) is 7.42. The zero-order chi connectivity index (χ0) is 15.6. The van der Waals surface area contributed by atoms with Crippen molar-refractivity contribution in [3.63, 3.8) is 0 Å². The number of hydrogen-bond acceptors (Lipinski definition) is 4. The van der Waals surface area contributed by atoms with E-state index in [1.54, 1.807) is 6.07 Å². The molecule has 0 aromatic heterocycles. The van der Waals surface area contributed by atoms with E-state index >= 15 is 0 Å². The Morgan fingerprint density at radius 3 is 2.57 bits per heavy atom. The maximum absolute atomic E-state index is 12.1. The molecule has 6 nitrogen and oxygen atoms in total. The highest BCUT2D eigenvalue weighted by atomic mass is 35.5. The number of amides is 1. The monoisotopic (exact) mass is 331 g/mol. The molecule has 8 heteroatoms. The van der Waals surface area contributed by atoms with Gasteiger partial charge in [0.2, 0.25) is 15.9 Å². The average Bonchev–Trinajstić information content (AvgIpc) is 2.29. The number of rotatable bonds is 5. The van der Waals surface area contributed by atoms with Crippen molar-refractivity contribution in [1.29, 1.82) is 0 Å². The second kappa shape index (κ2) is 6.21. The number of nitrogens with one attached hydrogen (secondary N) is 3. The third-order valence-corrected chi connectivity index (χ3v) is 4.37. The van der Waals surface area contributed by atoms with Gasteiger partial charge in [0, 0.05) is 11.6 Å². The largest absolute Gasteiger partial charge is 0.326 e. The van der Waals surface area contributed by atoms with Gasteiger partial charge < -0.3 is 10.6 Å². The molecule has 1 fully saturated rings. The first-order valence-electron chi connectivity index (χ1n) is 6.55. The van der Waals surface area contributed by atoms with Gasteiger partial charge in [-0.25, -0.2) is 8.42 Å². The number of carbonyl (C=O) groups is 1. The maximum Gasteiger partial charge on any atom is 0.229 e. The standard InChI is InChI=1S/C13H18ClN3O3S/c1-8(9-6-15-7-9)13(18)16-10-3-4-12(11(14)5-10)17-21(2,19)20/h3-5,8-9,15,17H,6-7H2,1-2H3,(H,16,18). The molecule has 116 valence electrons. The lowest BCUT2D eigenvalue weighted by Crippen LogP contribution is -2.48. The second-order valence-electron chi connectivity index (χ2n) is 5.27. The molecule has 0 saturated carbocycles. The fraction of sp³-hybridized carbons (Fsp3) is 0.462. The third kappa shape index (κ3) is 4.33. The quantitative estimate of drug-likeness (QED) is 0.763. The van der Waals surface area contributed by atoms with Crippen molar-refractivity contribution in [2.24, 2.45) is 11.8 Å². The third-order valence-electron chi connectivity index (χ3n) is 3.47. The van der Waals surface area contributed by atoms with E-state index in [1.165, 1.54) is 12.1 Å². The molecule has 0 spiro atoms. The lowest BCUT2D eigenvalue weighted by molar-refractivity contribution is -0.121. The van der Waals surface area contributed by atoms with Crippen LogP contribution >= 0.6 is 11.6 Å². The Morgan fingerprint density at radius 1 is 1.43 bits per heavy atom. The molecular weight excluding hydrogens is 314 g/mol. The molecule has 0 aliphatic carbocycles. The van der Waals surface area contributed by atoms with Crippen LogP contribution in [0.4, 0.5) is 11.4 Å². The lowest BCUT2D eigenvalue weighted by atomic mass is 9.88. The van der Waals surface area contributed by atoms with E-state index in [2.05, 4.69) is 15.4 Å². The lowest BCUT2D eigenvalue weighted by Gasteiger charge is -2.31. The van der Waals surface area contributed by atoms with Gasteiger partial charge in [-0.3, -0.25) is 9.52 Å². The van der Waals surface area contributed by atoms with Crippen molar-refractivity contribution in [2.75, 3.05) is 29.4 Å². The highest BCUT2D eigenvalue weighted by Crippen LogP contribution is 2.27.